The zero-order chi connectivity index (χ0) is 13.5. The van der Waals surface area contributed by atoms with Crippen LogP contribution >= 0.6 is 0 Å². The van der Waals surface area contributed by atoms with E-state index in [-0.39, 0.29) is 23.7 Å². The van der Waals surface area contributed by atoms with Gasteiger partial charge in [0, 0.05) is 6.04 Å². The summed E-state index contributed by atoms with van der Waals surface area (Å²) in [6.07, 6.45) is 0.929. The molecule has 1 atom stereocenters. The van der Waals surface area contributed by atoms with E-state index >= 15 is 0 Å². The Morgan fingerprint density at radius 3 is 2.56 bits per heavy atom. The lowest BCUT2D eigenvalue weighted by atomic mass is 10.1. The summed E-state index contributed by atoms with van der Waals surface area (Å²) in [5.41, 5.74) is 0.931. The fourth-order valence-electron chi connectivity index (χ4n) is 1.67. The molecule has 1 N–H and O–H groups in total. The number of hydrogen-bond donors (Lipinski definition) is 1. The highest BCUT2D eigenvalue weighted by Crippen LogP contribution is 2.18. The first kappa shape index (κ1) is 14.9. The van der Waals surface area contributed by atoms with Crippen LogP contribution in [0.25, 0.3) is 0 Å². The van der Waals surface area contributed by atoms with Crippen LogP contribution in [0.3, 0.4) is 0 Å². The van der Waals surface area contributed by atoms with Gasteiger partial charge < -0.3 is 14.8 Å². The summed E-state index contributed by atoms with van der Waals surface area (Å²) in [4.78, 5) is 0. The van der Waals surface area contributed by atoms with Crippen molar-refractivity contribution in [1.29, 1.82) is 0 Å². The van der Waals surface area contributed by atoms with Crippen molar-refractivity contribution in [1.82, 2.24) is 5.32 Å². The minimum atomic E-state index is -0.324. The molecular formula is C14H22FNO2. The minimum Gasteiger partial charge on any atom is -0.494 e. The lowest BCUT2D eigenvalue weighted by molar-refractivity contribution is 0.0627. The van der Waals surface area contributed by atoms with Crippen LogP contribution in [0.1, 0.15) is 19.4 Å². The normalized spacial score (nSPS) is 12.8. The first-order valence-corrected chi connectivity index (χ1v) is 6.18. The SMILES string of the molecule is CNC(COC(C)C)Cc1ccc(OC)c(F)c1. The van der Waals surface area contributed by atoms with Gasteiger partial charge in [0.2, 0.25) is 0 Å². The van der Waals surface area contributed by atoms with Crippen LogP contribution in [0, 0.1) is 5.82 Å². The molecule has 0 saturated heterocycles. The van der Waals surface area contributed by atoms with E-state index in [2.05, 4.69) is 5.32 Å². The molecule has 0 aliphatic heterocycles. The Morgan fingerprint density at radius 2 is 2.06 bits per heavy atom. The molecule has 0 saturated carbocycles. The maximum absolute atomic E-state index is 13.5. The Morgan fingerprint density at radius 1 is 1.33 bits per heavy atom. The maximum Gasteiger partial charge on any atom is 0.165 e. The zero-order valence-corrected chi connectivity index (χ0v) is 11.5. The van der Waals surface area contributed by atoms with Gasteiger partial charge in [-0.1, -0.05) is 6.07 Å². The number of nitrogens with one attached hydrogen (secondary N) is 1. The van der Waals surface area contributed by atoms with Crippen LogP contribution in [0.4, 0.5) is 4.39 Å². The first-order chi connectivity index (χ1) is 8.56. The van der Waals surface area contributed by atoms with Gasteiger partial charge in [0.05, 0.1) is 19.8 Å². The van der Waals surface area contributed by atoms with Crippen LogP contribution in [0.5, 0.6) is 5.75 Å². The van der Waals surface area contributed by atoms with Crippen molar-refractivity contribution in [3.05, 3.63) is 29.6 Å². The van der Waals surface area contributed by atoms with Crippen molar-refractivity contribution >= 4 is 0 Å². The molecule has 1 aromatic carbocycles. The molecule has 1 rings (SSSR count). The van der Waals surface area contributed by atoms with E-state index in [0.717, 1.165) is 12.0 Å². The molecule has 0 aliphatic carbocycles. The highest BCUT2D eigenvalue weighted by atomic mass is 19.1. The summed E-state index contributed by atoms with van der Waals surface area (Å²) in [5, 5.41) is 3.18. The van der Waals surface area contributed by atoms with Crippen molar-refractivity contribution in [3.63, 3.8) is 0 Å². The van der Waals surface area contributed by atoms with Gasteiger partial charge in [-0.05, 0) is 45.0 Å². The van der Waals surface area contributed by atoms with E-state index in [1.807, 2.05) is 27.0 Å². The highest BCUT2D eigenvalue weighted by Gasteiger charge is 2.10. The number of benzene rings is 1. The predicted molar refractivity (Wildman–Crippen MR) is 70.6 cm³/mol. The Hall–Kier alpha value is -1.13. The van der Waals surface area contributed by atoms with Gasteiger partial charge in [-0.3, -0.25) is 0 Å². The topological polar surface area (TPSA) is 30.5 Å². The summed E-state index contributed by atoms with van der Waals surface area (Å²) < 4.78 is 24.0. The molecule has 0 radical (unpaired) electrons. The smallest absolute Gasteiger partial charge is 0.165 e. The third-order valence-electron chi connectivity index (χ3n) is 2.74. The lowest BCUT2D eigenvalue weighted by Gasteiger charge is -2.18. The molecule has 0 fully saturated rings. The fourth-order valence-corrected chi connectivity index (χ4v) is 1.67. The van der Waals surface area contributed by atoms with E-state index in [9.17, 15) is 4.39 Å². The number of ether oxygens (including phenoxy) is 2. The molecule has 0 aliphatic rings. The summed E-state index contributed by atoms with van der Waals surface area (Å²) in [6.45, 7) is 4.61. The summed E-state index contributed by atoms with van der Waals surface area (Å²) in [6, 6.07) is 5.22. The third kappa shape index (κ3) is 4.63. The monoisotopic (exact) mass is 255 g/mol. The van der Waals surface area contributed by atoms with Crippen LogP contribution in [0.15, 0.2) is 18.2 Å². The average Bonchev–Trinajstić information content (AvgIpc) is 2.34. The molecule has 0 bridgehead atoms. The first-order valence-electron chi connectivity index (χ1n) is 6.18. The van der Waals surface area contributed by atoms with E-state index in [0.29, 0.717) is 6.61 Å². The number of hydrogen-bond acceptors (Lipinski definition) is 3. The third-order valence-corrected chi connectivity index (χ3v) is 2.74. The van der Waals surface area contributed by atoms with E-state index in [1.54, 1.807) is 6.07 Å². The second-order valence-corrected chi connectivity index (χ2v) is 4.54. The Labute approximate surface area is 108 Å². The molecular weight excluding hydrogens is 233 g/mol. The molecule has 1 unspecified atom stereocenters. The average molecular weight is 255 g/mol. The highest BCUT2D eigenvalue weighted by molar-refractivity contribution is 5.29. The summed E-state index contributed by atoms with van der Waals surface area (Å²) in [5.74, 6) is -0.0483. The van der Waals surface area contributed by atoms with Crippen molar-refractivity contribution in [2.75, 3.05) is 20.8 Å². The molecule has 102 valence electrons. The zero-order valence-electron chi connectivity index (χ0n) is 11.5. The van der Waals surface area contributed by atoms with Crippen LogP contribution < -0.4 is 10.1 Å². The van der Waals surface area contributed by atoms with Crippen molar-refractivity contribution in [2.45, 2.75) is 32.4 Å². The molecule has 0 heterocycles. The van der Waals surface area contributed by atoms with E-state index < -0.39 is 0 Å². The predicted octanol–water partition coefficient (Wildman–Crippen LogP) is 2.39. The van der Waals surface area contributed by atoms with Crippen LogP contribution in [-0.4, -0.2) is 32.9 Å². The van der Waals surface area contributed by atoms with Gasteiger partial charge in [0.15, 0.2) is 11.6 Å². The number of halogens is 1. The molecule has 1 aromatic rings. The van der Waals surface area contributed by atoms with Gasteiger partial charge in [0.25, 0.3) is 0 Å². The quantitative estimate of drug-likeness (QED) is 0.811. The molecule has 18 heavy (non-hydrogen) atoms. The number of methoxy groups -OCH3 is 1. The number of rotatable bonds is 7. The molecule has 0 spiro atoms. The standard InChI is InChI=1S/C14H22FNO2/c1-10(2)18-9-12(16-3)7-11-5-6-14(17-4)13(15)8-11/h5-6,8,10,12,16H,7,9H2,1-4H3. The van der Waals surface area contributed by atoms with Crippen molar-refractivity contribution in [3.8, 4) is 5.75 Å². The van der Waals surface area contributed by atoms with Gasteiger partial charge in [0.1, 0.15) is 0 Å². The molecule has 0 amide bonds. The van der Waals surface area contributed by atoms with Crippen molar-refractivity contribution in [2.24, 2.45) is 0 Å². The number of likely N-dealkylation sites (N-methyl/N-ethyl adjacent to an activating group) is 1. The summed E-state index contributed by atoms with van der Waals surface area (Å²) >= 11 is 0. The van der Waals surface area contributed by atoms with Crippen LogP contribution in [0.2, 0.25) is 0 Å². The Balaban J connectivity index is 2.61. The molecule has 4 heteroatoms. The maximum atomic E-state index is 13.5. The second kappa shape index (κ2) is 7.34. The molecule has 3 nitrogen and oxygen atoms in total. The van der Waals surface area contributed by atoms with E-state index in [4.69, 9.17) is 9.47 Å². The van der Waals surface area contributed by atoms with Crippen molar-refractivity contribution < 1.29 is 13.9 Å². The second-order valence-electron chi connectivity index (χ2n) is 4.54. The summed E-state index contributed by atoms with van der Waals surface area (Å²) in [7, 11) is 3.35. The lowest BCUT2D eigenvalue weighted by Crippen LogP contribution is -2.33. The minimum absolute atomic E-state index is 0.181. The van der Waals surface area contributed by atoms with Gasteiger partial charge in [-0.25, -0.2) is 4.39 Å². The van der Waals surface area contributed by atoms with Gasteiger partial charge in [-0.2, -0.15) is 0 Å². The van der Waals surface area contributed by atoms with Gasteiger partial charge >= 0.3 is 0 Å². The van der Waals surface area contributed by atoms with Gasteiger partial charge in [-0.15, -0.1) is 0 Å². The Bertz CT molecular complexity index is 369. The molecule has 0 aromatic heterocycles. The largest absolute Gasteiger partial charge is 0.494 e. The fraction of sp³-hybridized carbons (Fsp3) is 0.571. The van der Waals surface area contributed by atoms with Crippen LogP contribution in [-0.2, 0) is 11.2 Å². The Kier molecular flexibility index (Phi) is 6.09. The van der Waals surface area contributed by atoms with E-state index in [1.165, 1.54) is 13.2 Å².